The van der Waals surface area contributed by atoms with Gasteiger partial charge in [0.05, 0.1) is 6.61 Å². The van der Waals surface area contributed by atoms with Crippen molar-refractivity contribution in [1.29, 1.82) is 0 Å². The average molecular weight is 188 g/mol. The molecule has 2 N–H and O–H groups in total. The fraction of sp³-hybridized carbons (Fsp3) is 0.667. The van der Waals surface area contributed by atoms with Gasteiger partial charge in [-0.05, 0) is 20.3 Å². The van der Waals surface area contributed by atoms with E-state index in [1.165, 1.54) is 6.92 Å². The summed E-state index contributed by atoms with van der Waals surface area (Å²) in [4.78, 5) is 10.8. The summed E-state index contributed by atoms with van der Waals surface area (Å²) >= 11 is 0. The highest BCUT2D eigenvalue weighted by Crippen LogP contribution is 2.07. The van der Waals surface area contributed by atoms with E-state index >= 15 is 0 Å². The van der Waals surface area contributed by atoms with E-state index in [-0.39, 0.29) is 13.0 Å². The topological polar surface area (TPSA) is 66.8 Å². The predicted molar refractivity (Wildman–Crippen MR) is 47.8 cm³/mol. The maximum atomic E-state index is 10.8. The molecule has 0 amide bonds. The average Bonchev–Trinajstić information content (AvgIpc) is 1.95. The summed E-state index contributed by atoms with van der Waals surface area (Å²) in [6.07, 6.45) is 0.596. The fourth-order valence-corrected chi connectivity index (χ4v) is 0.695. The lowest BCUT2D eigenvalue weighted by molar-refractivity contribution is -0.155. The van der Waals surface area contributed by atoms with Crippen molar-refractivity contribution >= 4 is 5.97 Å². The van der Waals surface area contributed by atoms with Gasteiger partial charge in [0.1, 0.15) is 0 Å². The Morgan fingerprint density at radius 3 is 2.46 bits per heavy atom. The van der Waals surface area contributed by atoms with Crippen molar-refractivity contribution in [3.8, 4) is 0 Å². The van der Waals surface area contributed by atoms with Crippen LogP contribution in [0.25, 0.3) is 0 Å². The molecule has 0 atom stereocenters. The Labute approximate surface area is 77.8 Å². The van der Waals surface area contributed by atoms with Crippen LogP contribution in [0.5, 0.6) is 0 Å². The van der Waals surface area contributed by atoms with Crippen molar-refractivity contribution in [2.24, 2.45) is 0 Å². The summed E-state index contributed by atoms with van der Waals surface area (Å²) in [6.45, 7) is 6.44. The summed E-state index contributed by atoms with van der Waals surface area (Å²) in [5.74, 6) is -2.13. The van der Waals surface area contributed by atoms with Crippen molar-refractivity contribution in [2.45, 2.75) is 32.5 Å². The van der Waals surface area contributed by atoms with E-state index in [1.54, 1.807) is 6.92 Å². The molecule has 4 nitrogen and oxygen atoms in total. The molecule has 0 radical (unpaired) electrons. The van der Waals surface area contributed by atoms with E-state index in [2.05, 4.69) is 6.58 Å². The summed E-state index contributed by atoms with van der Waals surface area (Å²) in [5.41, 5.74) is 0.343. The van der Waals surface area contributed by atoms with Crippen LogP contribution in [0.15, 0.2) is 12.2 Å². The molecule has 13 heavy (non-hydrogen) atoms. The third-order valence-electron chi connectivity index (χ3n) is 1.38. The number of esters is 1. The molecule has 0 aromatic carbocycles. The molecule has 0 aliphatic carbocycles. The van der Waals surface area contributed by atoms with E-state index in [0.717, 1.165) is 0 Å². The summed E-state index contributed by atoms with van der Waals surface area (Å²) in [7, 11) is 0. The summed E-state index contributed by atoms with van der Waals surface area (Å²) in [5, 5.41) is 17.8. The van der Waals surface area contributed by atoms with Crippen LogP contribution in [0.3, 0.4) is 0 Å². The highest BCUT2D eigenvalue weighted by atomic mass is 16.5. The Morgan fingerprint density at radius 1 is 1.54 bits per heavy atom. The summed E-state index contributed by atoms with van der Waals surface area (Å²) < 4.78 is 4.74. The predicted octanol–water partition coefficient (Wildman–Crippen LogP) is 0.587. The van der Waals surface area contributed by atoms with Crippen molar-refractivity contribution in [3.05, 3.63) is 12.2 Å². The second-order valence-electron chi connectivity index (χ2n) is 3.24. The Hall–Kier alpha value is -0.870. The molecule has 0 aromatic rings. The van der Waals surface area contributed by atoms with Gasteiger partial charge in [0.2, 0.25) is 0 Å². The zero-order chi connectivity index (χ0) is 10.5. The van der Waals surface area contributed by atoms with Crippen LogP contribution in [0.1, 0.15) is 26.7 Å². The van der Waals surface area contributed by atoms with Crippen molar-refractivity contribution < 1.29 is 19.7 Å². The maximum Gasteiger partial charge on any atom is 0.333 e. The third kappa shape index (κ3) is 7.49. The first-order chi connectivity index (χ1) is 5.83. The highest BCUT2D eigenvalue weighted by molar-refractivity contribution is 5.86. The Balaban J connectivity index is 3.47. The molecule has 0 aliphatic heterocycles. The number of hydrogen-bond acceptors (Lipinski definition) is 4. The number of aliphatic hydroxyl groups is 2. The van der Waals surface area contributed by atoms with Gasteiger partial charge in [-0.15, -0.1) is 0 Å². The first-order valence-electron chi connectivity index (χ1n) is 4.10. The van der Waals surface area contributed by atoms with Crippen molar-refractivity contribution in [2.75, 3.05) is 6.61 Å². The lowest BCUT2D eigenvalue weighted by Crippen LogP contribution is -2.23. The molecule has 0 aliphatic rings. The fourth-order valence-electron chi connectivity index (χ4n) is 0.695. The highest BCUT2D eigenvalue weighted by Gasteiger charge is 2.14. The quantitative estimate of drug-likeness (QED) is 0.287. The van der Waals surface area contributed by atoms with Gasteiger partial charge >= 0.3 is 5.97 Å². The molecule has 76 valence electrons. The smallest absolute Gasteiger partial charge is 0.333 e. The normalized spacial score (nSPS) is 11.1. The van der Waals surface area contributed by atoms with Gasteiger partial charge < -0.3 is 14.9 Å². The van der Waals surface area contributed by atoms with Gasteiger partial charge in [-0.2, -0.15) is 0 Å². The molecule has 0 rings (SSSR count). The third-order valence-corrected chi connectivity index (χ3v) is 1.38. The first kappa shape index (κ1) is 12.1. The molecular formula is C9H16O4. The van der Waals surface area contributed by atoms with Crippen LogP contribution >= 0.6 is 0 Å². The minimum absolute atomic E-state index is 0.177. The molecule has 0 bridgehead atoms. The van der Waals surface area contributed by atoms with E-state index in [0.29, 0.717) is 12.0 Å². The van der Waals surface area contributed by atoms with Crippen molar-refractivity contribution in [1.82, 2.24) is 0 Å². The van der Waals surface area contributed by atoms with Gasteiger partial charge in [-0.3, -0.25) is 0 Å². The minimum Gasteiger partial charge on any atom is -0.462 e. The van der Waals surface area contributed by atoms with Crippen LogP contribution < -0.4 is 0 Å². The maximum absolute atomic E-state index is 10.8. The molecule has 0 fully saturated rings. The molecule has 4 heteroatoms. The Bertz CT molecular complexity index is 190. The van der Waals surface area contributed by atoms with Crippen LogP contribution in [0, 0.1) is 0 Å². The standard InChI is InChI=1S/C9H16O4/c1-7(2)8(10)13-6-4-5-9(3,11)12/h11-12H,1,4-6H2,2-3H3. The molecule has 0 heterocycles. The second-order valence-corrected chi connectivity index (χ2v) is 3.24. The zero-order valence-corrected chi connectivity index (χ0v) is 8.04. The lowest BCUT2D eigenvalue weighted by Gasteiger charge is -2.14. The monoisotopic (exact) mass is 188 g/mol. The van der Waals surface area contributed by atoms with Gasteiger partial charge in [0.15, 0.2) is 5.79 Å². The van der Waals surface area contributed by atoms with Crippen LogP contribution in [-0.2, 0) is 9.53 Å². The number of carbonyl (C=O) groups is 1. The molecule has 0 saturated heterocycles. The largest absolute Gasteiger partial charge is 0.462 e. The molecule has 0 saturated carbocycles. The molecule has 0 spiro atoms. The Morgan fingerprint density at radius 2 is 2.08 bits per heavy atom. The minimum atomic E-state index is -1.68. The second kappa shape index (κ2) is 4.99. The van der Waals surface area contributed by atoms with Gasteiger partial charge in [-0.25, -0.2) is 4.79 Å². The SMILES string of the molecule is C=C(C)C(=O)OCCCC(C)(O)O. The van der Waals surface area contributed by atoms with Gasteiger partial charge in [-0.1, -0.05) is 6.58 Å². The molecule has 0 aromatic heterocycles. The van der Waals surface area contributed by atoms with Crippen LogP contribution in [0.2, 0.25) is 0 Å². The first-order valence-corrected chi connectivity index (χ1v) is 4.10. The van der Waals surface area contributed by atoms with E-state index in [9.17, 15) is 4.79 Å². The zero-order valence-electron chi connectivity index (χ0n) is 8.04. The van der Waals surface area contributed by atoms with E-state index in [4.69, 9.17) is 14.9 Å². The van der Waals surface area contributed by atoms with Crippen LogP contribution in [-0.4, -0.2) is 28.6 Å². The van der Waals surface area contributed by atoms with Crippen LogP contribution in [0.4, 0.5) is 0 Å². The number of rotatable bonds is 5. The molecule has 0 unspecified atom stereocenters. The van der Waals surface area contributed by atoms with Gasteiger partial charge in [0.25, 0.3) is 0 Å². The van der Waals surface area contributed by atoms with Gasteiger partial charge in [0, 0.05) is 12.0 Å². The lowest BCUT2D eigenvalue weighted by atomic mass is 10.2. The van der Waals surface area contributed by atoms with E-state index < -0.39 is 11.8 Å². The Kier molecular flexibility index (Phi) is 4.66. The number of carbonyl (C=O) groups excluding carboxylic acids is 1. The summed E-state index contributed by atoms with van der Waals surface area (Å²) in [6, 6.07) is 0. The number of ether oxygens (including phenoxy) is 1. The number of hydrogen-bond donors (Lipinski definition) is 2. The van der Waals surface area contributed by atoms with Crippen molar-refractivity contribution in [3.63, 3.8) is 0 Å². The molecular weight excluding hydrogens is 172 g/mol. The van der Waals surface area contributed by atoms with E-state index in [1.807, 2.05) is 0 Å².